The Morgan fingerprint density at radius 1 is 1.50 bits per heavy atom. The van der Waals surface area contributed by atoms with Gasteiger partial charge >= 0.3 is 11.9 Å². The summed E-state index contributed by atoms with van der Waals surface area (Å²) in [5, 5.41) is 17.7. The van der Waals surface area contributed by atoms with E-state index >= 15 is 0 Å². The van der Waals surface area contributed by atoms with Crippen molar-refractivity contribution >= 4 is 23.7 Å². The Morgan fingerprint density at radius 2 is 2.08 bits per heavy atom. The molecule has 0 heterocycles. The van der Waals surface area contributed by atoms with Crippen LogP contribution in [0.1, 0.15) is 0 Å². The number of thioether (sulfide) groups is 1. The number of hydrogen-bond donors (Lipinski definition) is 3. The first-order valence-electron chi connectivity index (χ1n) is 3.03. The maximum absolute atomic E-state index is 10.1. The maximum atomic E-state index is 10.1. The van der Waals surface area contributed by atoms with E-state index in [4.69, 9.17) is 15.9 Å². The van der Waals surface area contributed by atoms with Gasteiger partial charge in [-0.25, -0.2) is 4.79 Å². The molecule has 0 rings (SSSR count). The molecule has 0 aliphatic heterocycles. The molecule has 68 valence electrons. The summed E-state index contributed by atoms with van der Waals surface area (Å²) in [6.07, 6.45) is 0.930. The number of carboxylic acids is 2. The molecule has 4 N–H and O–H groups in total. The topological polar surface area (TPSA) is 101 Å². The fraction of sp³-hybridized carbons (Fsp3) is 0.333. The highest BCUT2D eigenvalue weighted by Gasteiger charge is 2.09. The van der Waals surface area contributed by atoms with Crippen molar-refractivity contribution in [3.63, 3.8) is 0 Å². The lowest BCUT2D eigenvalue weighted by atomic mass is 10.4. The quantitative estimate of drug-likeness (QED) is 0.517. The van der Waals surface area contributed by atoms with E-state index in [1.165, 1.54) is 5.41 Å². The molecule has 0 bridgehead atoms. The Bertz CT molecular complexity index is 204. The van der Waals surface area contributed by atoms with Crippen molar-refractivity contribution in [3.05, 3.63) is 11.5 Å². The first kappa shape index (κ1) is 11.0. The molecule has 0 aliphatic rings. The maximum Gasteiger partial charge on any atom is 0.328 e. The standard InChI is InChI=1S/C6H9NO4S/c7-4(6(10)11)3-12-2-1-5(8)9/h1-2,4H,3,7H2,(H,8,9)(H,10,11)/b2-1-/t4-/m1/s1. The Kier molecular flexibility index (Phi) is 5.14. The lowest BCUT2D eigenvalue weighted by Crippen LogP contribution is -2.32. The largest absolute Gasteiger partial charge is 0.480 e. The molecule has 0 fully saturated rings. The zero-order valence-electron chi connectivity index (χ0n) is 6.14. The summed E-state index contributed by atoms with van der Waals surface area (Å²) in [6, 6.07) is -0.951. The zero-order valence-corrected chi connectivity index (χ0v) is 6.95. The predicted octanol–water partition coefficient (Wildman–Crippen LogP) is -0.270. The van der Waals surface area contributed by atoms with Crippen LogP contribution in [0.5, 0.6) is 0 Å². The second-order valence-electron chi connectivity index (χ2n) is 1.92. The van der Waals surface area contributed by atoms with Crippen LogP contribution in [0.3, 0.4) is 0 Å². The molecule has 0 aromatic carbocycles. The normalized spacial score (nSPS) is 13.1. The molecule has 0 spiro atoms. The third-order valence-electron chi connectivity index (χ3n) is 0.900. The van der Waals surface area contributed by atoms with Crippen molar-refractivity contribution in [2.45, 2.75) is 6.04 Å². The highest BCUT2D eigenvalue weighted by Crippen LogP contribution is 2.03. The molecule has 5 nitrogen and oxygen atoms in total. The van der Waals surface area contributed by atoms with Crippen molar-refractivity contribution in [1.29, 1.82) is 0 Å². The third-order valence-corrected chi connectivity index (χ3v) is 1.78. The van der Waals surface area contributed by atoms with Gasteiger partial charge in [-0.3, -0.25) is 4.79 Å². The van der Waals surface area contributed by atoms with Gasteiger partial charge in [0.05, 0.1) is 0 Å². The number of aliphatic carboxylic acids is 2. The molecule has 6 heteroatoms. The molecular weight excluding hydrogens is 182 g/mol. The minimum absolute atomic E-state index is 0.166. The van der Waals surface area contributed by atoms with Gasteiger partial charge in [0.1, 0.15) is 6.04 Å². The SMILES string of the molecule is N[C@H](CS/C=C\C(=O)O)C(=O)O. The van der Waals surface area contributed by atoms with E-state index in [2.05, 4.69) is 0 Å². The molecule has 0 saturated heterocycles. The average Bonchev–Trinajstić information content (AvgIpc) is 1.97. The van der Waals surface area contributed by atoms with Gasteiger partial charge in [0.15, 0.2) is 0 Å². The average molecular weight is 191 g/mol. The molecule has 0 unspecified atom stereocenters. The van der Waals surface area contributed by atoms with Crippen LogP contribution in [0.2, 0.25) is 0 Å². The van der Waals surface area contributed by atoms with E-state index < -0.39 is 18.0 Å². The summed E-state index contributed by atoms with van der Waals surface area (Å²) >= 11 is 1.05. The molecule has 1 atom stereocenters. The molecular formula is C6H9NO4S. The highest BCUT2D eigenvalue weighted by molar-refractivity contribution is 8.02. The summed E-state index contributed by atoms with van der Waals surface area (Å²) in [5.74, 6) is -1.99. The number of carboxylic acid groups (broad SMARTS) is 2. The number of carbonyl (C=O) groups is 2. The van der Waals surface area contributed by atoms with Crippen molar-refractivity contribution < 1.29 is 19.8 Å². The summed E-state index contributed by atoms with van der Waals surface area (Å²) in [7, 11) is 0. The smallest absolute Gasteiger partial charge is 0.328 e. The van der Waals surface area contributed by atoms with Crippen molar-refractivity contribution in [3.8, 4) is 0 Å². The van der Waals surface area contributed by atoms with Gasteiger partial charge in [-0.15, -0.1) is 11.8 Å². The van der Waals surface area contributed by atoms with Gasteiger partial charge in [-0.1, -0.05) is 0 Å². The lowest BCUT2D eigenvalue weighted by Gasteiger charge is -2.01. The van der Waals surface area contributed by atoms with Gasteiger partial charge in [0.25, 0.3) is 0 Å². The molecule has 0 aromatic rings. The van der Waals surface area contributed by atoms with Crippen LogP contribution < -0.4 is 5.73 Å². The van der Waals surface area contributed by atoms with Crippen LogP contribution in [0.15, 0.2) is 11.5 Å². The van der Waals surface area contributed by atoms with Crippen LogP contribution in [0, 0.1) is 0 Å². The Labute approximate surface area is 73.2 Å². The monoisotopic (exact) mass is 191 g/mol. The predicted molar refractivity (Wildman–Crippen MR) is 44.8 cm³/mol. The summed E-state index contributed by atoms with van der Waals surface area (Å²) in [4.78, 5) is 20.1. The van der Waals surface area contributed by atoms with E-state index in [0.29, 0.717) is 0 Å². The van der Waals surface area contributed by atoms with Crippen LogP contribution in [-0.2, 0) is 9.59 Å². The first-order valence-corrected chi connectivity index (χ1v) is 4.08. The Balaban J connectivity index is 3.56. The van der Waals surface area contributed by atoms with Crippen LogP contribution in [0.4, 0.5) is 0 Å². The number of nitrogens with two attached hydrogens (primary N) is 1. The summed E-state index contributed by atoms with van der Waals surface area (Å²) in [5.41, 5.74) is 5.13. The van der Waals surface area contributed by atoms with Crippen LogP contribution in [0.25, 0.3) is 0 Å². The van der Waals surface area contributed by atoms with Gasteiger partial charge < -0.3 is 15.9 Å². The van der Waals surface area contributed by atoms with E-state index in [1.807, 2.05) is 0 Å². The van der Waals surface area contributed by atoms with Crippen molar-refractivity contribution in [1.82, 2.24) is 0 Å². The summed E-state index contributed by atoms with van der Waals surface area (Å²) < 4.78 is 0. The molecule has 0 aromatic heterocycles. The fourth-order valence-corrected chi connectivity index (χ4v) is 1.01. The third kappa shape index (κ3) is 5.75. The zero-order chi connectivity index (χ0) is 9.56. The second kappa shape index (κ2) is 5.62. The number of hydrogen-bond acceptors (Lipinski definition) is 4. The van der Waals surface area contributed by atoms with Gasteiger partial charge in [-0.05, 0) is 5.41 Å². The Hall–Kier alpha value is -1.01. The molecule has 0 aliphatic carbocycles. The lowest BCUT2D eigenvalue weighted by molar-refractivity contribution is -0.138. The number of rotatable bonds is 5. The van der Waals surface area contributed by atoms with E-state index in [9.17, 15) is 9.59 Å². The van der Waals surface area contributed by atoms with Gasteiger partial charge in [-0.2, -0.15) is 0 Å². The molecule has 0 saturated carbocycles. The van der Waals surface area contributed by atoms with Crippen LogP contribution in [-0.4, -0.2) is 33.9 Å². The first-order chi connectivity index (χ1) is 5.54. The van der Waals surface area contributed by atoms with Crippen molar-refractivity contribution in [2.24, 2.45) is 5.73 Å². The van der Waals surface area contributed by atoms with Crippen LogP contribution >= 0.6 is 11.8 Å². The summed E-state index contributed by atoms with van der Waals surface area (Å²) in [6.45, 7) is 0. The van der Waals surface area contributed by atoms with Crippen molar-refractivity contribution in [2.75, 3.05) is 5.75 Å². The highest BCUT2D eigenvalue weighted by atomic mass is 32.2. The molecule has 0 amide bonds. The fourth-order valence-electron chi connectivity index (χ4n) is 0.337. The Morgan fingerprint density at radius 3 is 2.50 bits per heavy atom. The van der Waals surface area contributed by atoms with E-state index in [0.717, 1.165) is 17.8 Å². The molecule has 0 radical (unpaired) electrons. The minimum Gasteiger partial charge on any atom is -0.480 e. The minimum atomic E-state index is -1.09. The molecule has 12 heavy (non-hydrogen) atoms. The van der Waals surface area contributed by atoms with E-state index in [1.54, 1.807) is 0 Å². The second-order valence-corrected chi connectivity index (χ2v) is 2.86. The van der Waals surface area contributed by atoms with Gasteiger partial charge in [0, 0.05) is 11.8 Å². The van der Waals surface area contributed by atoms with Gasteiger partial charge in [0.2, 0.25) is 0 Å². The van der Waals surface area contributed by atoms with E-state index in [-0.39, 0.29) is 5.75 Å².